The molecule has 1 aliphatic carbocycles. The van der Waals surface area contributed by atoms with Crippen molar-refractivity contribution < 1.29 is 33.7 Å². The monoisotopic (exact) mass is 300 g/mol. The maximum Gasteiger partial charge on any atom is 0.417 e. The fourth-order valence-electron chi connectivity index (χ4n) is 2.13. The highest BCUT2D eigenvalue weighted by atomic mass is 16.6. The molecule has 1 saturated carbocycles. The molecule has 4 atom stereocenters. The van der Waals surface area contributed by atoms with Gasteiger partial charge in [-0.1, -0.05) is 6.08 Å². The van der Waals surface area contributed by atoms with Crippen LogP contribution in [0.15, 0.2) is 12.7 Å². The highest BCUT2D eigenvalue weighted by Crippen LogP contribution is 2.46. The Hall–Kier alpha value is -1.89. The summed E-state index contributed by atoms with van der Waals surface area (Å²) in [5, 5.41) is 9.92. The van der Waals surface area contributed by atoms with Gasteiger partial charge in [0.25, 0.3) is 0 Å². The van der Waals surface area contributed by atoms with Gasteiger partial charge in [0.05, 0.1) is 19.3 Å². The van der Waals surface area contributed by atoms with Crippen molar-refractivity contribution in [3.63, 3.8) is 0 Å². The first-order chi connectivity index (χ1) is 9.97. The molecule has 0 aromatic rings. The van der Waals surface area contributed by atoms with Gasteiger partial charge in [0.15, 0.2) is 0 Å². The largest absolute Gasteiger partial charge is 0.466 e. The van der Waals surface area contributed by atoms with Gasteiger partial charge in [-0.3, -0.25) is 4.79 Å². The molecule has 0 aliphatic heterocycles. The summed E-state index contributed by atoms with van der Waals surface area (Å²) in [7, 11) is 0. The van der Waals surface area contributed by atoms with Crippen molar-refractivity contribution in [3.05, 3.63) is 12.7 Å². The second-order valence-electron chi connectivity index (χ2n) is 4.54. The van der Waals surface area contributed by atoms with Crippen LogP contribution in [0.25, 0.3) is 0 Å². The molecule has 0 aromatic heterocycles. The summed E-state index contributed by atoms with van der Waals surface area (Å²) in [6, 6.07) is 0. The number of aliphatic hydroxyl groups is 1. The van der Waals surface area contributed by atoms with Crippen molar-refractivity contribution in [2.75, 3.05) is 13.2 Å². The molecule has 1 fully saturated rings. The number of hydrogen-bond donors (Lipinski definition) is 1. The molecule has 0 spiro atoms. The van der Waals surface area contributed by atoms with Crippen LogP contribution in [-0.4, -0.2) is 48.4 Å². The standard InChI is InChI=1S/C14H20O7/c1-4-7-8(15)9-10(12(16)19-5-2)11(9)21-14(18)13(17)20-6-3/h4,8-11,15H,1,5-7H2,2-3H3/t8-,9-,10-,11-/m0/s1. The average Bonchev–Trinajstić information content (AvgIpc) is 3.13. The number of aliphatic hydroxyl groups excluding tert-OH is 1. The first kappa shape index (κ1) is 17.2. The summed E-state index contributed by atoms with van der Waals surface area (Å²) < 4.78 is 14.3. The minimum absolute atomic E-state index is 0.0441. The van der Waals surface area contributed by atoms with Gasteiger partial charge in [0.1, 0.15) is 12.0 Å². The van der Waals surface area contributed by atoms with Crippen molar-refractivity contribution in [2.45, 2.75) is 32.5 Å². The van der Waals surface area contributed by atoms with Crippen LogP contribution in [0.5, 0.6) is 0 Å². The molecule has 0 heterocycles. The topological polar surface area (TPSA) is 99.1 Å². The predicted octanol–water partition coefficient (Wildman–Crippen LogP) is 0.207. The van der Waals surface area contributed by atoms with Gasteiger partial charge in [0.2, 0.25) is 0 Å². The van der Waals surface area contributed by atoms with Gasteiger partial charge in [0, 0.05) is 5.92 Å². The number of ether oxygens (including phenoxy) is 3. The number of hydrogen-bond acceptors (Lipinski definition) is 7. The number of carbonyl (C=O) groups is 3. The van der Waals surface area contributed by atoms with Crippen LogP contribution in [0.3, 0.4) is 0 Å². The molecule has 7 heteroatoms. The Morgan fingerprint density at radius 2 is 1.81 bits per heavy atom. The second kappa shape index (κ2) is 7.78. The van der Waals surface area contributed by atoms with Gasteiger partial charge in [-0.05, 0) is 20.3 Å². The summed E-state index contributed by atoms with van der Waals surface area (Å²) in [4.78, 5) is 34.4. The van der Waals surface area contributed by atoms with Crippen molar-refractivity contribution in [2.24, 2.45) is 11.8 Å². The molecule has 0 radical (unpaired) electrons. The highest BCUT2D eigenvalue weighted by molar-refractivity contribution is 6.29. The maximum atomic E-state index is 11.7. The minimum Gasteiger partial charge on any atom is -0.466 e. The number of rotatable bonds is 7. The summed E-state index contributed by atoms with van der Waals surface area (Å²) in [6.45, 7) is 6.92. The Bertz CT molecular complexity index is 418. The fourth-order valence-corrected chi connectivity index (χ4v) is 2.13. The highest BCUT2D eigenvalue weighted by Gasteiger charge is 2.62. The van der Waals surface area contributed by atoms with Crippen LogP contribution in [0, 0.1) is 11.8 Å². The van der Waals surface area contributed by atoms with Crippen molar-refractivity contribution >= 4 is 17.9 Å². The summed E-state index contributed by atoms with van der Waals surface area (Å²) >= 11 is 0. The zero-order chi connectivity index (χ0) is 16.0. The fraction of sp³-hybridized carbons (Fsp3) is 0.643. The zero-order valence-corrected chi connectivity index (χ0v) is 12.1. The first-order valence-corrected chi connectivity index (χ1v) is 6.81. The van der Waals surface area contributed by atoms with Crippen molar-refractivity contribution in [1.29, 1.82) is 0 Å². The Balaban J connectivity index is 2.68. The Labute approximate surface area is 122 Å². The summed E-state index contributed by atoms with van der Waals surface area (Å²) in [6.07, 6.45) is -0.0310. The van der Waals surface area contributed by atoms with Crippen LogP contribution >= 0.6 is 0 Å². The third kappa shape index (κ3) is 4.29. The third-order valence-electron chi connectivity index (χ3n) is 3.10. The third-order valence-corrected chi connectivity index (χ3v) is 3.10. The molecule has 0 aromatic carbocycles. The molecular formula is C14H20O7. The molecule has 1 N–H and O–H groups in total. The van der Waals surface area contributed by atoms with Crippen LogP contribution in [0.1, 0.15) is 20.3 Å². The van der Waals surface area contributed by atoms with Crippen molar-refractivity contribution in [3.8, 4) is 0 Å². The Kier molecular flexibility index (Phi) is 6.36. The van der Waals surface area contributed by atoms with Gasteiger partial charge in [-0.2, -0.15) is 0 Å². The lowest BCUT2D eigenvalue weighted by molar-refractivity contribution is -0.169. The predicted molar refractivity (Wildman–Crippen MR) is 70.9 cm³/mol. The van der Waals surface area contributed by atoms with E-state index in [9.17, 15) is 19.5 Å². The lowest BCUT2D eigenvalue weighted by Crippen LogP contribution is -2.23. The maximum absolute atomic E-state index is 11.7. The molecule has 7 nitrogen and oxygen atoms in total. The van der Waals surface area contributed by atoms with Gasteiger partial charge < -0.3 is 19.3 Å². The van der Waals surface area contributed by atoms with E-state index in [1.54, 1.807) is 13.8 Å². The SMILES string of the molecule is C=CC[C@H](O)[C@@H]1[C@H](OC(=O)C(=O)OCC)[C@H]1C(=O)OCC. The quantitative estimate of drug-likeness (QED) is 0.310. The first-order valence-electron chi connectivity index (χ1n) is 6.81. The van der Waals surface area contributed by atoms with E-state index in [2.05, 4.69) is 11.3 Å². The van der Waals surface area contributed by atoms with E-state index in [-0.39, 0.29) is 19.6 Å². The lowest BCUT2D eigenvalue weighted by Gasteiger charge is -2.07. The number of carbonyl (C=O) groups excluding carboxylic acids is 3. The minimum atomic E-state index is -1.18. The van der Waals surface area contributed by atoms with Crippen LogP contribution in [0.4, 0.5) is 0 Å². The normalized spacial score (nSPS) is 24.6. The van der Waals surface area contributed by atoms with E-state index in [1.807, 2.05) is 0 Å². The molecule has 21 heavy (non-hydrogen) atoms. The zero-order valence-electron chi connectivity index (χ0n) is 12.1. The van der Waals surface area contributed by atoms with E-state index in [0.717, 1.165) is 0 Å². The molecule has 0 saturated heterocycles. The summed E-state index contributed by atoms with van der Waals surface area (Å²) in [5.74, 6) is -4.22. The smallest absolute Gasteiger partial charge is 0.417 e. The van der Waals surface area contributed by atoms with E-state index in [1.165, 1.54) is 6.08 Å². The van der Waals surface area contributed by atoms with E-state index in [0.29, 0.717) is 0 Å². The molecular weight excluding hydrogens is 280 g/mol. The Morgan fingerprint density at radius 1 is 1.19 bits per heavy atom. The van der Waals surface area contributed by atoms with Crippen LogP contribution < -0.4 is 0 Å². The molecule has 1 aliphatic rings. The molecule has 0 unspecified atom stereocenters. The second-order valence-corrected chi connectivity index (χ2v) is 4.54. The molecule has 1 rings (SSSR count). The van der Waals surface area contributed by atoms with E-state index in [4.69, 9.17) is 9.47 Å². The summed E-state index contributed by atoms with van der Waals surface area (Å²) in [5.41, 5.74) is 0. The van der Waals surface area contributed by atoms with Gasteiger partial charge in [-0.25, -0.2) is 9.59 Å². The average molecular weight is 300 g/mol. The van der Waals surface area contributed by atoms with Crippen LogP contribution in [0.2, 0.25) is 0 Å². The molecule has 0 bridgehead atoms. The van der Waals surface area contributed by atoms with E-state index < -0.39 is 42.0 Å². The van der Waals surface area contributed by atoms with Crippen molar-refractivity contribution in [1.82, 2.24) is 0 Å². The van der Waals surface area contributed by atoms with Gasteiger partial charge in [-0.15, -0.1) is 6.58 Å². The number of esters is 3. The molecule has 118 valence electrons. The molecule has 0 amide bonds. The van der Waals surface area contributed by atoms with Gasteiger partial charge >= 0.3 is 17.9 Å². The lowest BCUT2D eigenvalue weighted by atomic mass is 10.1. The Morgan fingerprint density at radius 3 is 2.33 bits per heavy atom. The van der Waals surface area contributed by atoms with E-state index >= 15 is 0 Å². The van der Waals surface area contributed by atoms with Crippen LogP contribution in [-0.2, 0) is 28.6 Å².